The van der Waals surface area contributed by atoms with Gasteiger partial charge in [-0.05, 0) is 5.56 Å². The average Bonchev–Trinajstić information content (AvgIpc) is 2.53. The molecule has 0 heterocycles. The second kappa shape index (κ2) is 6.87. The largest absolute Gasteiger partial charge is 0.410 e. The number of ketones is 1. The summed E-state index contributed by atoms with van der Waals surface area (Å²) in [7, 11) is 0. The van der Waals surface area contributed by atoms with Crippen LogP contribution in [-0.2, 0) is 0 Å². The van der Waals surface area contributed by atoms with Crippen LogP contribution in [0.5, 0.6) is 0 Å². The van der Waals surface area contributed by atoms with Crippen molar-refractivity contribution in [3.05, 3.63) is 71.8 Å². The fourth-order valence-corrected chi connectivity index (χ4v) is 2.23. The Balaban J connectivity index is 2.24. The number of rotatable bonds is 5. The van der Waals surface area contributed by atoms with E-state index in [0.717, 1.165) is 5.56 Å². The van der Waals surface area contributed by atoms with Gasteiger partial charge < -0.3 is 5.21 Å². The van der Waals surface area contributed by atoms with E-state index in [1.54, 1.807) is 12.1 Å². The molecule has 0 aliphatic heterocycles. The summed E-state index contributed by atoms with van der Waals surface area (Å²) in [5.74, 6) is -0.475. The zero-order valence-corrected chi connectivity index (χ0v) is 11.5. The summed E-state index contributed by atoms with van der Waals surface area (Å²) in [6.45, 7) is 0. The van der Waals surface area contributed by atoms with E-state index in [1.807, 2.05) is 48.5 Å². The van der Waals surface area contributed by atoms with E-state index in [1.165, 1.54) is 0 Å². The quantitative estimate of drug-likeness (QED) is 0.390. The highest BCUT2D eigenvalue weighted by molar-refractivity contribution is 6.66. The molecule has 3 nitrogen and oxygen atoms in total. The molecule has 2 aromatic rings. The van der Waals surface area contributed by atoms with Gasteiger partial charge in [0.25, 0.3) is 0 Å². The lowest BCUT2D eigenvalue weighted by Gasteiger charge is -2.14. The molecule has 0 amide bonds. The van der Waals surface area contributed by atoms with Gasteiger partial charge in [0, 0.05) is 17.9 Å². The number of oxime groups is 1. The van der Waals surface area contributed by atoms with E-state index in [0.29, 0.717) is 5.56 Å². The van der Waals surface area contributed by atoms with Crippen molar-refractivity contribution >= 4 is 22.6 Å². The molecule has 1 N–H and O–H groups in total. The van der Waals surface area contributed by atoms with Crippen molar-refractivity contribution in [2.75, 3.05) is 0 Å². The number of hydrogen-bond donors (Lipinski definition) is 1. The maximum atomic E-state index is 12.3. The van der Waals surface area contributed by atoms with Gasteiger partial charge in [0.15, 0.2) is 11.0 Å². The van der Waals surface area contributed by atoms with Crippen molar-refractivity contribution in [2.45, 2.75) is 12.3 Å². The third-order valence-corrected chi connectivity index (χ3v) is 3.41. The van der Waals surface area contributed by atoms with Crippen LogP contribution in [0.1, 0.15) is 28.3 Å². The highest BCUT2D eigenvalue weighted by Gasteiger charge is 2.21. The normalized spacial score (nSPS) is 12.9. The van der Waals surface area contributed by atoms with Gasteiger partial charge in [0.05, 0.1) is 0 Å². The fraction of sp³-hybridized carbons (Fsp3) is 0.125. The molecule has 1 atom stereocenters. The Morgan fingerprint density at radius 2 is 1.60 bits per heavy atom. The standard InChI is InChI=1S/C16H14ClNO2/c17-16(18-20)14(12-7-3-1-4-8-12)11-15(19)13-9-5-2-6-10-13/h1-10,14,20H,11H2/b18-16-. The number of hydrogen-bond acceptors (Lipinski definition) is 3. The summed E-state index contributed by atoms with van der Waals surface area (Å²) in [6, 6.07) is 18.3. The predicted molar refractivity (Wildman–Crippen MR) is 79.6 cm³/mol. The van der Waals surface area contributed by atoms with Crippen LogP contribution in [0.3, 0.4) is 0 Å². The highest BCUT2D eigenvalue weighted by atomic mass is 35.5. The number of carbonyl (C=O) groups is 1. The Labute approximate surface area is 122 Å². The Hall–Kier alpha value is -2.13. The van der Waals surface area contributed by atoms with Crippen LogP contribution in [-0.4, -0.2) is 16.2 Å². The monoisotopic (exact) mass is 287 g/mol. The lowest BCUT2D eigenvalue weighted by Crippen LogP contribution is -2.13. The SMILES string of the molecule is O=C(CC(/C(Cl)=N/O)c1ccccc1)c1ccccc1. The molecule has 0 radical (unpaired) electrons. The second-order valence-corrected chi connectivity index (χ2v) is 4.77. The van der Waals surface area contributed by atoms with Gasteiger partial charge >= 0.3 is 0 Å². The van der Waals surface area contributed by atoms with Crippen LogP contribution >= 0.6 is 11.6 Å². The molecule has 4 heteroatoms. The zero-order valence-electron chi connectivity index (χ0n) is 10.7. The maximum absolute atomic E-state index is 12.3. The molecule has 0 fully saturated rings. The van der Waals surface area contributed by atoms with Gasteiger partial charge in [0.2, 0.25) is 0 Å². The first-order valence-electron chi connectivity index (χ1n) is 6.23. The summed E-state index contributed by atoms with van der Waals surface area (Å²) in [4.78, 5) is 12.3. The zero-order chi connectivity index (χ0) is 14.4. The number of benzene rings is 2. The van der Waals surface area contributed by atoms with Gasteiger partial charge in [-0.15, -0.1) is 0 Å². The predicted octanol–water partition coefficient (Wildman–Crippen LogP) is 4.07. The van der Waals surface area contributed by atoms with Crippen molar-refractivity contribution < 1.29 is 10.0 Å². The van der Waals surface area contributed by atoms with E-state index in [9.17, 15) is 4.79 Å². The van der Waals surface area contributed by atoms with Gasteiger partial charge in [-0.1, -0.05) is 77.4 Å². The summed E-state index contributed by atoms with van der Waals surface area (Å²) in [5, 5.41) is 12.0. The van der Waals surface area contributed by atoms with Crippen molar-refractivity contribution in [1.82, 2.24) is 0 Å². The molecule has 1 unspecified atom stereocenters. The summed E-state index contributed by atoms with van der Waals surface area (Å²) >= 11 is 5.95. The minimum atomic E-state index is -0.435. The minimum absolute atomic E-state index is 0.0143. The molecule has 0 spiro atoms. The van der Waals surface area contributed by atoms with Crippen LogP contribution < -0.4 is 0 Å². The van der Waals surface area contributed by atoms with Gasteiger partial charge in [-0.25, -0.2) is 0 Å². The number of halogens is 1. The molecule has 2 rings (SSSR count). The molecule has 0 aliphatic rings. The maximum Gasteiger partial charge on any atom is 0.163 e. The lowest BCUT2D eigenvalue weighted by molar-refractivity contribution is 0.0980. The fourth-order valence-electron chi connectivity index (χ4n) is 2.02. The third kappa shape index (κ3) is 3.45. The second-order valence-electron chi connectivity index (χ2n) is 4.38. The molecule has 2 aromatic carbocycles. The summed E-state index contributed by atoms with van der Waals surface area (Å²) in [5.41, 5.74) is 1.47. The smallest absolute Gasteiger partial charge is 0.163 e. The molecule has 0 bridgehead atoms. The first kappa shape index (κ1) is 14.3. The van der Waals surface area contributed by atoms with Gasteiger partial charge in [0.1, 0.15) is 0 Å². The van der Waals surface area contributed by atoms with E-state index < -0.39 is 5.92 Å². The van der Waals surface area contributed by atoms with Gasteiger partial charge in [-0.3, -0.25) is 4.79 Å². The van der Waals surface area contributed by atoms with E-state index in [4.69, 9.17) is 16.8 Å². The summed E-state index contributed by atoms with van der Waals surface area (Å²) in [6.07, 6.45) is 0.164. The Morgan fingerprint density at radius 1 is 1.05 bits per heavy atom. The van der Waals surface area contributed by atoms with E-state index in [-0.39, 0.29) is 17.4 Å². The molecule has 0 aromatic heterocycles. The Kier molecular flexibility index (Phi) is 4.91. The Bertz CT molecular complexity index is 596. The van der Waals surface area contributed by atoms with Crippen LogP contribution in [0.15, 0.2) is 65.8 Å². The molecular weight excluding hydrogens is 274 g/mol. The van der Waals surface area contributed by atoms with Crippen molar-refractivity contribution in [3.63, 3.8) is 0 Å². The highest BCUT2D eigenvalue weighted by Crippen LogP contribution is 2.25. The number of Topliss-reactive ketones (excluding diaryl/α,β-unsaturated/α-hetero) is 1. The van der Waals surface area contributed by atoms with Crippen molar-refractivity contribution in [1.29, 1.82) is 0 Å². The average molecular weight is 288 g/mol. The minimum Gasteiger partial charge on any atom is -0.410 e. The van der Waals surface area contributed by atoms with Crippen molar-refractivity contribution in [3.8, 4) is 0 Å². The molecule has 102 valence electrons. The van der Waals surface area contributed by atoms with Gasteiger partial charge in [-0.2, -0.15) is 0 Å². The molecule has 0 saturated heterocycles. The molecular formula is C16H14ClNO2. The number of carbonyl (C=O) groups excluding carboxylic acids is 1. The first-order valence-corrected chi connectivity index (χ1v) is 6.61. The van der Waals surface area contributed by atoms with Crippen LogP contribution in [0.25, 0.3) is 0 Å². The van der Waals surface area contributed by atoms with Crippen LogP contribution in [0.4, 0.5) is 0 Å². The van der Waals surface area contributed by atoms with E-state index >= 15 is 0 Å². The first-order chi connectivity index (χ1) is 9.72. The van der Waals surface area contributed by atoms with E-state index in [2.05, 4.69) is 5.16 Å². The van der Waals surface area contributed by atoms with Crippen LogP contribution in [0, 0.1) is 0 Å². The lowest BCUT2D eigenvalue weighted by atomic mass is 9.92. The number of nitrogens with zero attached hydrogens (tertiary/aromatic N) is 1. The molecule has 20 heavy (non-hydrogen) atoms. The third-order valence-electron chi connectivity index (χ3n) is 3.07. The Morgan fingerprint density at radius 3 is 2.15 bits per heavy atom. The van der Waals surface area contributed by atoms with Crippen LogP contribution in [0.2, 0.25) is 0 Å². The topological polar surface area (TPSA) is 49.7 Å². The van der Waals surface area contributed by atoms with Crippen molar-refractivity contribution in [2.24, 2.45) is 5.16 Å². The molecule has 0 aliphatic carbocycles. The molecule has 0 saturated carbocycles. The summed E-state index contributed by atoms with van der Waals surface area (Å²) < 4.78 is 0.